The molecule has 0 N–H and O–H groups in total. The van der Waals surface area contributed by atoms with Gasteiger partial charge in [-0.3, -0.25) is 0 Å². The third kappa shape index (κ3) is 2.41. The van der Waals surface area contributed by atoms with E-state index in [0.29, 0.717) is 6.04 Å². The van der Waals surface area contributed by atoms with Gasteiger partial charge in [0.25, 0.3) is 0 Å². The molecular weight excluding hydrogens is 215 g/mol. The largest absolute Gasteiger partial charge is 0.369 e. The van der Waals surface area contributed by atoms with Crippen LogP contribution in [0.25, 0.3) is 0 Å². The minimum Gasteiger partial charge on any atom is -0.369 e. The molecule has 1 aromatic rings. The molecule has 0 heterocycles. The van der Waals surface area contributed by atoms with Crippen LogP contribution in [0.3, 0.4) is 0 Å². The Balaban J connectivity index is 2.25. The molecule has 90 valence electrons. The van der Waals surface area contributed by atoms with E-state index in [4.69, 9.17) is 5.26 Å². The highest BCUT2D eigenvalue weighted by Gasteiger charge is 2.22. The van der Waals surface area contributed by atoms with Crippen LogP contribution in [-0.2, 0) is 0 Å². The van der Waals surface area contributed by atoms with Crippen LogP contribution in [0.1, 0.15) is 38.2 Å². The Kier molecular flexibility index (Phi) is 3.63. The molecule has 0 aliphatic heterocycles. The summed E-state index contributed by atoms with van der Waals surface area (Å²) in [6.45, 7) is 2.98. The zero-order valence-electron chi connectivity index (χ0n) is 10.1. The molecule has 1 aromatic carbocycles. The van der Waals surface area contributed by atoms with Gasteiger partial charge < -0.3 is 4.90 Å². The van der Waals surface area contributed by atoms with Crippen molar-refractivity contribution in [1.82, 2.24) is 0 Å². The molecule has 0 spiro atoms. The Morgan fingerprint density at radius 3 is 2.65 bits per heavy atom. The van der Waals surface area contributed by atoms with E-state index in [-0.39, 0.29) is 5.56 Å². The van der Waals surface area contributed by atoms with Crippen molar-refractivity contribution in [2.75, 3.05) is 11.4 Å². The van der Waals surface area contributed by atoms with Gasteiger partial charge in [0.2, 0.25) is 0 Å². The molecule has 0 amide bonds. The van der Waals surface area contributed by atoms with Gasteiger partial charge in [-0.1, -0.05) is 12.8 Å². The Bertz CT molecular complexity index is 430. The summed E-state index contributed by atoms with van der Waals surface area (Å²) in [6.07, 6.45) is 4.91. The molecule has 0 radical (unpaired) electrons. The number of anilines is 1. The van der Waals surface area contributed by atoms with Gasteiger partial charge in [-0.05, 0) is 38.0 Å². The fraction of sp³-hybridized carbons (Fsp3) is 0.500. The van der Waals surface area contributed by atoms with Crippen molar-refractivity contribution in [2.24, 2.45) is 0 Å². The number of hydrogen-bond donors (Lipinski definition) is 0. The van der Waals surface area contributed by atoms with Crippen LogP contribution in [0, 0.1) is 17.1 Å². The van der Waals surface area contributed by atoms with Crippen molar-refractivity contribution in [1.29, 1.82) is 5.26 Å². The number of benzene rings is 1. The summed E-state index contributed by atoms with van der Waals surface area (Å²) in [7, 11) is 0. The normalized spacial score (nSPS) is 15.8. The SMILES string of the molecule is CCN(c1ccc(C#N)c(F)c1)C1CCCC1. The minimum atomic E-state index is -0.415. The number of hydrogen-bond acceptors (Lipinski definition) is 2. The molecule has 0 aromatic heterocycles. The van der Waals surface area contributed by atoms with Gasteiger partial charge in [0.05, 0.1) is 5.56 Å². The molecule has 2 rings (SSSR count). The Hall–Kier alpha value is -1.56. The third-order valence-electron chi connectivity index (χ3n) is 3.51. The Morgan fingerprint density at radius 2 is 2.12 bits per heavy atom. The minimum absolute atomic E-state index is 0.122. The van der Waals surface area contributed by atoms with Crippen LogP contribution in [-0.4, -0.2) is 12.6 Å². The van der Waals surface area contributed by atoms with Crippen molar-refractivity contribution in [2.45, 2.75) is 38.6 Å². The first kappa shape index (κ1) is 11.9. The summed E-state index contributed by atoms with van der Waals surface area (Å²) in [5.74, 6) is -0.415. The van der Waals surface area contributed by atoms with E-state index >= 15 is 0 Å². The van der Waals surface area contributed by atoms with E-state index in [1.54, 1.807) is 6.07 Å². The summed E-state index contributed by atoms with van der Waals surface area (Å²) in [4.78, 5) is 2.25. The molecule has 3 heteroatoms. The first-order valence-electron chi connectivity index (χ1n) is 6.22. The second kappa shape index (κ2) is 5.18. The third-order valence-corrected chi connectivity index (χ3v) is 3.51. The fourth-order valence-electron chi connectivity index (χ4n) is 2.64. The van der Waals surface area contributed by atoms with Crippen molar-refractivity contribution in [3.8, 4) is 6.07 Å². The van der Waals surface area contributed by atoms with Crippen LogP contribution in [0.15, 0.2) is 18.2 Å². The van der Waals surface area contributed by atoms with Gasteiger partial charge >= 0.3 is 0 Å². The fourth-order valence-corrected chi connectivity index (χ4v) is 2.64. The molecule has 1 aliphatic rings. The van der Waals surface area contributed by atoms with Crippen LogP contribution in [0.2, 0.25) is 0 Å². The van der Waals surface area contributed by atoms with Gasteiger partial charge in [-0.15, -0.1) is 0 Å². The lowest BCUT2D eigenvalue weighted by atomic mass is 10.1. The van der Waals surface area contributed by atoms with Gasteiger partial charge in [-0.25, -0.2) is 4.39 Å². The van der Waals surface area contributed by atoms with Gasteiger partial charge in [-0.2, -0.15) is 5.26 Å². The topological polar surface area (TPSA) is 27.0 Å². The van der Waals surface area contributed by atoms with Crippen LogP contribution in [0.5, 0.6) is 0 Å². The van der Waals surface area contributed by atoms with Crippen LogP contribution < -0.4 is 4.90 Å². The van der Waals surface area contributed by atoms with Crippen molar-refractivity contribution in [3.63, 3.8) is 0 Å². The second-order valence-corrected chi connectivity index (χ2v) is 4.50. The maximum absolute atomic E-state index is 13.6. The van der Waals surface area contributed by atoms with Gasteiger partial charge in [0.15, 0.2) is 0 Å². The quantitative estimate of drug-likeness (QED) is 0.798. The zero-order valence-corrected chi connectivity index (χ0v) is 10.1. The molecular formula is C14H17FN2. The maximum atomic E-state index is 13.6. The highest BCUT2D eigenvalue weighted by Crippen LogP contribution is 2.28. The molecule has 1 aliphatic carbocycles. The lowest BCUT2D eigenvalue weighted by molar-refractivity contribution is 0.604. The highest BCUT2D eigenvalue weighted by atomic mass is 19.1. The average Bonchev–Trinajstić information content (AvgIpc) is 2.84. The number of nitrogens with zero attached hydrogens (tertiary/aromatic N) is 2. The molecule has 1 fully saturated rings. The predicted molar refractivity (Wildman–Crippen MR) is 66.4 cm³/mol. The molecule has 0 bridgehead atoms. The molecule has 0 unspecified atom stereocenters. The highest BCUT2D eigenvalue weighted by molar-refractivity contribution is 5.51. The summed E-state index contributed by atoms with van der Waals surface area (Å²) in [6, 6.07) is 7.30. The van der Waals surface area contributed by atoms with Gasteiger partial charge in [0, 0.05) is 18.3 Å². The number of nitriles is 1. The predicted octanol–water partition coefficient (Wildman–Crippen LogP) is 3.47. The van der Waals surface area contributed by atoms with E-state index < -0.39 is 5.82 Å². The van der Waals surface area contributed by atoms with Crippen molar-refractivity contribution >= 4 is 5.69 Å². The molecule has 1 saturated carbocycles. The van der Waals surface area contributed by atoms with E-state index in [0.717, 1.165) is 12.2 Å². The molecule has 17 heavy (non-hydrogen) atoms. The van der Waals surface area contributed by atoms with Crippen LogP contribution >= 0.6 is 0 Å². The maximum Gasteiger partial charge on any atom is 0.143 e. The second-order valence-electron chi connectivity index (χ2n) is 4.50. The summed E-state index contributed by atoms with van der Waals surface area (Å²) >= 11 is 0. The van der Waals surface area contributed by atoms with E-state index in [1.807, 2.05) is 12.1 Å². The first-order chi connectivity index (χ1) is 8.26. The van der Waals surface area contributed by atoms with Gasteiger partial charge in [0.1, 0.15) is 11.9 Å². The molecule has 0 saturated heterocycles. The zero-order chi connectivity index (χ0) is 12.3. The summed E-state index contributed by atoms with van der Waals surface area (Å²) in [5.41, 5.74) is 1.02. The van der Waals surface area contributed by atoms with E-state index in [9.17, 15) is 4.39 Å². The molecule has 2 nitrogen and oxygen atoms in total. The van der Waals surface area contributed by atoms with Crippen LogP contribution in [0.4, 0.5) is 10.1 Å². The molecule has 0 atom stereocenters. The average molecular weight is 232 g/mol. The smallest absolute Gasteiger partial charge is 0.143 e. The number of rotatable bonds is 3. The Labute approximate surface area is 102 Å². The summed E-state index contributed by atoms with van der Waals surface area (Å²) < 4.78 is 13.6. The van der Waals surface area contributed by atoms with Crippen molar-refractivity contribution in [3.05, 3.63) is 29.6 Å². The standard InChI is InChI=1S/C14H17FN2/c1-2-17(12-5-3-4-6-12)13-8-7-11(10-16)14(15)9-13/h7-9,12H,2-6H2,1H3. The Morgan fingerprint density at radius 1 is 1.41 bits per heavy atom. The van der Waals surface area contributed by atoms with Crippen molar-refractivity contribution < 1.29 is 4.39 Å². The lowest BCUT2D eigenvalue weighted by Crippen LogP contribution is -2.32. The lowest BCUT2D eigenvalue weighted by Gasteiger charge is -2.30. The number of halogens is 1. The van der Waals surface area contributed by atoms with E-state index in [2.05, 4.69) is 11.8 Å². The first-order valence-corrected chi connectivity index (χ1v) is 6.22. The monoisotopic (exact) mass is 232 g/mol. The summed E-state index contributed by atoms with van der Waals surface area (Å²) in [5, 5.41) is 8.71. The van der Waals surface area contributed by atoms with E-state index in [1.165, 1.54) is 31.7 Å².